The normalized spacial score (nSPS) is 12.7. The molecule has 0 spiro atoms. The van der Waals surface area contributed by atoms with E-state index in [9.17, 15) is 52.6 Å². The van der Waals surface area contributed by atoms with Crippen LogP contribution in [-0.4, -0.2) is 47.3 Å². The first-order chi connectivity index (χ1) is 22.3. The first-order valence-electron chi connectivity index (χ1n) is 12.8. The van der Waals surface area contributed by atoms with Gasteiger partial charge in [0.05, 0.1) is 21.0 Å². The molecule has 5 rings (SSSR count). The van der Waals surface area contributed by atoms with Crippen molar-refractivity contribution in [3.8, 4) is 17.2 Å². The predicted molar refractivity (Wildman–Crippen MR) is 174 cm³/mol. The number of sulfonamides is 1. The Balaban J connectivity index is 1.62. The highest BCUT2D eigenvalue weighted by Crippen LogP contribution is 2.45. The molecule has 0 bridgehead atoms. The van der Waals surface area contributed by atoms with E-state index in [-0.39, 0.29) is 31.7 Å². The van der Waals surface area contributed by atoms with Gasteiger partial charge in [0.2, 0.25) is 0 Å². The van der Waals surface area contributed by atoms with Gasteiger partial charge in [-0.25, -0.2) is 8.42 Å². The summed E-state index contributed by atoms with van der Waals surface area (Å²) in [6.07, 6.45) is 0. The summed E-state index contributed by atoms with van der Waals surface area (Å²) in [7, 11) is -19.5. The minimum absolute atomic E-state index is 0.00638. The zero-order chi connectivity index (χ0) is 35.2. The number of azo groups is 1. The fraction of sp³-hybridized carbons (Fsp3) is 0. The van der Waals surface area contributed by atoms with Crippen LogP contribution in [0.5, 0.6) is 0 Å². The van der Waals surface area contributed by atoms with Gasteiger partial charge in [-0.1, -0.05) is 41.7 Å². The van der Waals surface area contributed by atoms with Crippen LogP contribution >= 0.6 is 11.3 Å². The fourth-order valence-corrected chi connectivity index (χ4v) is 8.49. The lowest BCUT2D eigenvalue weighted by molar-refractivity contribution is 0.478. The molecule has 0 aliphatic rings. The Hall–Kier alpha value is -4.79. The van der Waals surface area contributed by atoms with Crippen LogP contribution in [0.3, 0.4) is 0 Å². The average Bonchev–Trinajstić information content (AvgIpc) is 3.33. The number of nitrogens with one attached hydrogen (secondary N) is 1. The van der Waals surface area contributed by atoms with Crippen LogP contribution in [0.2, 0.25) is 0 Å². The zero-order valence-electron chi connectivity index (χ0n) is 23.6. The Labute approximate surface area is 277 Å². The molecule has 5 aromatic rings. The Morgan fingerprint density at radius 3 is 1.85 bits per heavy atom. The van der Waals surface area contributed by atoms with Crippen LogP contribution in [0.1, 0.15) is 5.56 Å². The van der Waals surface area contributed by atoms with Crippen molar-refractivity contribution in [2.45, 2.75) is 19.6 Å². The minimum atomic E-state index is -5.26. The molecule has 248 valence electrons. The number of nitrogens with two attached hydrogens (primary N) is 1. The van der Waals surface area contributed by atoms with E-state index in [2.05, 4.69) is 15.0 Å². The molecule has 0 saturated heterocycles. The molecule has 21 heteroatoms. The second kappa shape index (κ2) is 12.3. The van der Waals surface area contributed by atoms with E-state index in [4.69, 9.17) is 5.73 Å². The van der Waals surface area contributed by atoms with Crippen molar-refractivity contribution < 1.29 is 47.3 Å². The number of nitriles is 1. The molecule has 48 heavy (non-hydrogen) atoms. The summed E-state index contributed by atoms with van der Waals surface area (Å²) in [6.45, 7) is 0. The summed E-state index contributed by atoms with van der Waals surface area (Å²) in [6, 6.07) is 17.9. The largest absolute Gasteiger partial charge is 0.389 e. The monoisotopic (exact) mass is 749 g/mol. The number of anilines is 2. The molecule has 0 saturated carbocycles. The molecule has 0 aliphatic carbocycles. The van der Waals surface area contributed by atoms with Gasteiger partial charge in [0, 0.05) is 22.0 Å². The number of hydrogen-bond donors (Lipinski definition) is 5. The van der Waals surface area contributed by atoms with Crippen molar-refractivity contribution in [2.24, 2.45) is 10.2 Å². The Kier molecular flexibility index (Phi) is 8.88. The summed E-state index contributed by atoms with van der Waals surface area (Å²) in [5.41, 5.74) is 6.30. The van der Waals surface area contributed by atoms with Crippen molar-refractivity contribution in [1.29, 1.82) is 5.26 Å². The Morgan fingerprint density at radius 1 is 0.708 bits per heavy atom. The predicted octanol–water partition coefficient (Wildman–Crippen LogP) is 4.98. The van der Waals surface area contributed by atoms with Gasteiger partial charge in [0.1, 0.15) is 25.9 Å². The van der Waals surface area contributed by atoms with Crippen molar-refractivity contribution in [2.75, 3.05) is 10.5 Å². The van der Waals surface area contributed by atoms with E-state index in [1.807, 2.05) is 6.07 Å². The number of rotatable bonds is 9. The Bertz CT molecular complexity index is 2630. The van der Waals surface area contributed by atoms with Crippen LogP contribution in [0.15, 0.2) is 109 Å². The van der Waals surface area contributed by atoms with E-state index in [0.29, 0.717) is 17.7 Å². The first-order valence-corrected chi connectivity index (χ1v) is 19.4. The number of thiophene rings is 1. The summed E-state index contributed by atoms with van der Waals surface area (Å²) >= 11 is 0.802. The van der Waals surface area contributed by atoms with Gasteiger partial charge >= 0.3 is 0 Å². The lowest BCUT2D eigenvalue weighted by Crippen LogP contribution is -2.12. The van der Waals surface area contributed by atoms with Crippen molar-refractivity contribution in [3.63, 3.8) is 0 Å². The van der Waals surface area contributed by atoms with E-state index in [1.54, 1.807) is 18.2 Å². The third-order valence-electron chi connectivity index (χ3n) is 6.57. The van der Waals surface area contributed by atoms with E-state index in [1.165, 1.54) is 36.4 Å². The minimum Gasteiger partial charge on any atom is -0.389 e. The number of benzene rings is 4. The van der Waals surface area contributed by atoms with Gasteiger partial charge in [-0.3, -0.25) is 18.4 Å². The lowest BCUT2D eigenvalue weighted by Gasteiger charge is -2.11. The van der Waals surface area contributed by atoms with Crippen molar-refractivity contribution in [1.82, 2.24) is 0 Å². The van der Waals surface area contributed by atoms with Gasteiger partial charge in [-0.15, -0.1) is 10.2 Å². The quantitative estimate of drug-likeness (QED) is 0.0983. The molecular formula is C27H19N5O11S5. The topological polar surface area (TPSA) is 284 Å². The second-order valence-electron chi connectivity index (χ2n) is 9.71. The second-order valence-corrected chi connectivity index (χ2v) is 16.6. The Morgan fingerprint density at radius 2 is 1.29 bits per heavy atom. The third-order valence-corrected chi connectivity index (χ3v) is 11.5. The number of fused-ring (bicyclic) bond motifs is 1. The van der Waals surface area contributed by atoms with Crippen LogP contribution in [0, 0.1) is 11.3 Å². The molecule has 1 aromatic heterocycles. The molecule has 1 heterocycles. The molecule has 16 nitrogen and oxygen atoms in total. The number of hydrogen-bond acceptors (Lipinski definition) is 13. The van der Waals surface area contributed by atoms with E-state index in [0.717, 1.165) is 23.5 Å². The van der Waals surface area contributed by atoms with Crippen LogP contribution in [-0.2, 0) is 40.4 Å². The summed E-state index contributed by atoms with van der Waals surface area (Å²) < 4.78 is 129. The molecule has 0 aliphatic heterocycles. The smallest absolute Gasteiger partial charge is 0.295 e. The molecule has 0 fully saturated rings. The molecule has 0 amide bonds. The fourth-order valence-electron chi connectivity index (χ4n) is 4.50. The van der Waals surface area contributed by atoms with Gasteiger partial charge in [0.25, 0.3) is 40.4 Å². The maximum absolute atomic E-state index is 12.7. The van der Waals surface area contributed by atoms with Crippen molar-refractivity contribution >= 4 is 83.9 Å². The van der Waals surface area contributed by atoms with Gasteiger partial charge in [0.15, 0.2) is 0 Å². The third kappa shape index (κ3) is 7.05. The zero-order valence-corrected chi connectivity index (χ0v) is 27.7. The highest BCUT2D eigenvalue weighted by molar-refractivity contribution is 7.92. The average molecular weight is 750 g/mol. The highest BCUT2D eigenvalue weighted by atomic mass is 32.2. The maximum Gasteiger partial charge on any atom is 0.295 e. The molecule has 0 atom stereocenters. The summed E-state index contributed by atoms with van der Waals surface area (Å²) in [4.78, 5) is -3.24. The highest BCUT2D eigenvalue weighted by Gasteiger charge is 2.26. The van der Waals surface area contributed by atoms with E-state index < -0.39 is 71.5 Å². The van der Waals surface area contributed by atoms with Gasteiger partial charge < -0.3 is 5.73 Å². The van der Waals surface area contributed by atoms with Crippen LogP contribution in [0.25, 0.3) is 21.9 Å². The molecule has 6 N–H and O–H groups in total. The molecule has 0 radical (unpaired) electrons. The van der Waals surface area contributed by atoms with Gasteiger partial charge in [-0.2, -0.15) is 30.5 Å². The summed E-state index contributed by atoms with van der Waals surface area (Å²) in [5.74, 6) is 0. The van der Waals surface area contributed by atoms with E-state index >= 15 is 0 Å². The SMILES string of the molecule is N#Cc1c(N)sc(/N=N/c2cc(S(=O)(=O)O)c3cc(S(=O)(=O)O)cc(S(=O)(=O)O)c3c2)c1-c1ccc(NS(=O)(=O)c2ccccc2)cc1. The number of nitrogens with zero attached hydrogens (tertiary/aromatic N) is 3. The molecular weight excluding hydrogens is 731 g/mol. The lowest BCUT2D eigenvalue weighted by atomic mass is 10.0. The van der Waals surface area contributed by atoms with Gasteiger partial charge in [-0.05, 0) is 54.1 Å². The van der Waals surface area contributed by atoms with Crippen LogP contribution in [0.4, 0.5) is 21.4 Å². The van der Waals surface area contributed by atoms with Crippen molar-refractivity contribution in [3.05, 3.63) is 84.4 Å². The number of nitrogen functional groups attached to an aromatic ring is 1. The molecule has 4 aromatic carbocycles. The maximum atomic E-state index is 12.7. The first kappa shape index (κ1) is 34.5. The van der Waals surface area contributed by atoms with Crippen LogP contribution < -0.4 is 10.5 Å². The summed E-state index contributed by atoms with van der Waals surface area (Å²) in [5, 5.41) is 16.5. The molecule has 0 unspecified atom stereocenters. The standard InChI is InChI=1S/C27H19N5O11S5/c28-14-22-25(15-6-8-16(9-7-15)32-45(33,34)18-4-2-1-3-5-18)27(44-26(22)29)31-30-17-10-20-21(23(11-17)47(38,39)40)12-19(46(35,36)37)13-24(20)48(41,42)43/h1-13,32H,29H2,(H,35,36,37)(H,38,39,40)(H,41,42,43)/b31-30+.